The number of aromatic nitrogens is 1. The highest BCUT2D eigenvalue weighted by atomic mass is 32.2. The fourth-order valence-corrected chi connectivity index (χ4v) is 18.0. The first-order valence-corrected chi connectivity index (χ1v) is 46.3. The van der Waals surface area contributed by atoms with Crippen LogP contribution in [0.1, 0.15) is 106 Å². The molecule has 0 spiro atoms. The second-order valence-corrected chi connectivity index (χ2v) is 35.7. The number of ketones is 1. The average molecular weight is 1850 g/mol. The molecule has 35 nitrogen and oxygen atoms in total. The number of thioether (sulfide) groups is 2. The molecule has 13 atom stereocenters. The summed E-state index contributed by atoms with van der Waals surface area (Å²) in [7, 11) is 4.32. The van der Waals surface area contributed by atoms with Gasteiger partial charge in [-0.1, -0.05) is 167 Å². The number of fused-ring (bicyclic) bond motifs is 1. The number of hydrogen-bond donors (Lipinski definition) is 14. The van der Waals surface area contributed by atoms with E-state index in [1.54, 1.807) is 117 Å². The molecular formula is C95H120N16O19S2. The van der Waals surface area contributed by atoms with Crippen molar-refractivity contribution >= 4 is 129 Å². The van der Waals surface area contributed by atoms with Crippen LogP contribution in [-0.2, 0) is 115 Å². The lowest BCUT2D eigenvalue weighted by Gasteiger charge is -2.38. The van der Waals surface area contributed by atoms with Gasteiger partial charge in [0.05, 0.1) is 55.3 Å². The summed E-state index contributed by atoms with van der Waals surface area (Å²) in [6.45, 7) is 5.93. The van der Waals surface area contributed by atoms with E-state index in [9.17, 15) is 58.5 Å². The molecule has 37 heteroatoms. The third-order valence-corrected chi connectivity index (χ3v) is 25.2. The van der Waals surface area contributed by atoms with E-state index in [2.05, 4.69) is 47.5 Å². The van der Waals surface area contributed by atoms with E-state index in [-0.39, 0.29) is 99.1 Å². The Bertz CT molecular complexity index is 5150. The topological polar surface area (TPSA) is 514 Å². The van der Waals surface area contributed by atoms with Gasteiger partial charge in [-0.2, -0.15) is 0 Å². The van der Waals surface area contributed by atoms with E-state index in [1.807, 2.05) is 37.3 Å². The fourth-order valence-electron chi connectivity index (χ4n) is 15.9. The number of phenols is 2. The maximum Gasteiger partial charge on any atom is 0.305 e. The van der Waals surface area contributed by atoms with E-state index in [1.165, 1.54) is 101 Å². The van der Waals surface area contributed by atoms with Gasteiger partial charge in [-0.05, 0) is 115 Å². The number of primary amides is 1. The zero-order valence-corrected chi connectivity index (χ0v) is 76.7. The molecule has 13 amide bonds. The molecule has 0 radical (unpaired) electrons. The van der Waals surface area contributed by atoms with E-state index in [0.29, 0.717) is 64.3 Å². The molecule has 0 saturated carbocycles. The standard InChI is InChI=1S/C95H120N16O19S2/c1-8-9-30-77(95(130)110-40-21-31-76(110)89(124)101-65(52-112)48-84(118)119)107(5)94(129)79(46-61-26-17-12-18-27-61)109(7)92(127)74(44-59-22-13-10-14-23-59)102-83(117)55-131-53-75(85(120)100-51-82(97)116)106-86(121)70(41-57(2)3)103-87(122)71(42-62-32-36-66(113)37-33-62)104-88(123)72(47-64-49-98-69-29-20-19-28-68(64)69)105-90(125)80-54-132-56-111(80)93(128)73(43-63-34-38-67(114)39-35-63)99-50-81(115)78(108(6)91(126)58(4)96)45-60-24-15-11-16-25-60/h10-20,22-29,32-39,49,52,57-58,65,70-80,98-99,113-114H,8-9,21,30-31,40-48,50-51,53-56,96H2,1-7H3,(H2,97,116)(H,100,120)(H,101,124)(H,102,117)(H,103,122)(H,104,123)(H,105,125)(H,106,121)(H,118,119)/t58-,65-,70-,71-,72?,73-,74-,75-,76+,77-,78-,79-,80+/m0/s1. The molecule has 2 saturated heterocycles. The second-order valence-electron chi connectivity index (χ2n) is 33.7. The lowest BCUT2D eigenvalue weighted by Crippen LogP contribution is -2.61. The number of para-hydroxylation sites is 1. The van der Waals surface area contributed by atoms with Crippen LogP contribution in [0.15, 0.2) is 170 Å². The number of aromatic hydroxyl groups is 2. The van der Waals surface area contributed by atoms with Gasteiger partial charge in [-0.25, -0.2) is 0 Å². The van der Waals surface area contributed by atoms with Gasteiger partial charge in [0.1, 0.15) is 72.2 Å². The van der Waals surface area contributed by atoms with Crippen molar-refractivity contribution in [3.63, 3.8) is 0 Å². The predicted octanol–water partition coefficient (Wildman–Crippen LogP) is 2.74. The highest BCUT2D eigenvalue weighted by molar-refractivity contribution is 8.00. The third-order valence-electron chi connectivity index (χ3n) is 23.1. The van der Waals surface area contributed by atoms with Gasteiger partial charge < -0.3 is 98.3 Å². The number of nitrogens with one attached hydrogen (secondary N) is 9. The number of carbonyl (C=O) groups is 16. The number of Topliss-reactive ketones (excluding diaryl/α,β-unsaturated/α-hetero) is 1. The van der Waals surface area contributed by atoms with Gasteiger partial charge in [0.15, 0.2) is 5.78 Å². The smallest absolute Gasteiger partial charge is 0.305 e. The Labute approximate surface area is 774 Å². The van der Waals surface area contributed by atoms with Gasteiger partial charge in [-0.3, -0.25) is 77.2 Å². The summed E-state index contributed by atoms with van der Waals surface area (Å²) >= 11 is 2.10. The Hall–Kier alpha value is -13.0. The van der Waals surface area contributed by atoms with Crippen LogP contribution in [0.5, 0.6) is 11.5 Å². The fraction of sp³-hybridized carbons (Fsp3) is 0.432. The zero-order valence-electron chi connectivity index (χ0n) is 75.0. The first-order chi connectivity index (χ1) is 63.1. The molecule has 1 unspecified atom stereocenters. The van der Waals surface area contributed by atoms with Crippen LogP contribution in [0.3, 0.4) is 0 Å². The van der Waals surface area contributed by atoms with Crippen molar-refractivity contribution in [3.8, 4) is 11.5 Å². The minimum Gasteiger partial charge on any atom is -0.508 e. The highest BCUT2D eigenvalue weighted by Crippen LogP contribution is 2.29. The number of aldehydes is 1. The Morgan fingerprint density at radius 2 is 1.06 bits per heavy atom. The van der Waals surface area contributed by atoms with Crippen molar-refractivity contribution in [2.24, 2.45) is 17.4 Å². The maximum absolute atomic E-state index is 15.5. The lowest BCUT2D eigenvalue weighted by molar-refractivity contribution is -0.152. The predicted molar refractivity (Wildman–Crippen MR) is 497 cm³/mol. The van der Waals surface area contributed by atoms with Crippen molar-refractivity contribution in [1.82, 2.24) is 72.0 Å². The van der Waals surface area contributed by atoms with Crippen molar-refractivity contribution in [2.45, 2.75) is 190 Å². The number of carboxylic acid groups (broad SMARTS) is 1. The summed E-state index contributed by atoms with van der Waals surface area (Å²) in [4.78, 5) is 237. The molecule has 706 valence electrons. The van der Waals surface area contributed by atoms with Crippen molar-refractivity contribution in [1.29, 1.82) is 0 Å². The summed E-state index contributed by atoms with van der Waals surface area (Å²) < 4.78 is 0. The molecule has 0 bridgehead atoms. The monoisotopic (exact) mass is 1850 g/mol. The first kappa shape index (κ1) is 103. The van der Waals surface area contributed by atoms with Crippen molar-refractivity contribution < 1.29 is 92.0 Å². The quantitative estimate of drug-likeness (QED) is 0.0244. The summed E-state index contributed by atoms with van der Waals surface area (Å²) in [5.74, 6) is -13.0. The number of nitrogens with two attached hydrogens (primary N) is 2. The molecule has 2 aliphatic heterocycles. The Balaban J connectivity index is 0.937. The maximum atomic E-state index is 15.5. The Morgan fingerprint density at radius 1 is 0.545 bits per heavy atom. The van der Waals surface area contributed by atoms with Crippen LogP contribution in [0, 0.1) is 5.92 Å². The normalized spacial score (nSPS) is 16.1. The Kier molecular flexibility index (Phi) is 39.2. The molecule has 16 N–H and O–H groups in total. The molecule has 7 aromatic rings. The number of nitrogens with zero attached hydrogens (tertiary/aromatic N) is 5. The van der Waals surface area contributed by atoms with E-state index < -0.39 is 192 Å². The van der Waals surface area contributed by atoms with Crippen LogP contribution in [0.25, 0.3) is 10.9 Å². The number of benzene rings is 6. The SMILES string of the molecule is CCCC[C@@H](C(=O)N1CCC[C@@H]1C(=O)N[C@H](C=O)CC(=O)O)N(C)C(=O)[C@H](Cc1ccccc1)N(C)C(=O)[C@H](Cc1ccccc1)NC(=O)CSC[C@H](NC(=O)[C@H](CC(C)C)NC(=O)[C@H](Cc1ccc(O)cc1)NC(=O)C(Cc1c[nH]c2ccccc12)NC(=O)[C@H]1CSCN1C(=O)[C@H](Cc1ccc(O)cc1)NCC(=O)[C@H](Cc1ccccc1)N(C)C(=O)[C@H](C)N)C(=O)NCC(N)=O. The number of carboxylic acids is 1. The number of H-pyrrole nitrogens is 1. The molecule has 6 aromatic carbocycles. The molecule has 3 heterocycles. The molecule has 2 fully saturated rings. The number of rotatable bonds is 50. The lowest BCUT2D eigenvalue weighted by atomic mass is 9.99. The van der Waals surface area contributed by atoms with Gasteiger partial charge in [0.25, 0.3) is 0 Å². The molecule has 0 aliphatic carbocycles. The van der Waals surface area contributed by atoms with Gasteiger partial charge >= 0.3 is 5.97 Å². The van der Waals surface area contributed by atoms with Crippen LogP contribution >= 0.6 is 23.5 Å². The number of aliphatic carboxylic acids is 1. The molecule has 9 rings (SSSR count). The first-order valence-electron chi connectivity index (χ1n) is 44.0. The summed E-state index contributed by atoms with van der Waals surface area (Å²) in [5.41, 5.74) is 15.8. The van der Waals surface area contributed by atoms with Crippen LogP contribution in [0.4, 0.5) is 0 Å². The van der Waals surface area contributed by atoms with Gasteiger partial charge in [0.2, 0.25) is 76.8 Å². The van der Waals surface area contributed by atoms with E-state index in [4.69, 9.17) is 11.5 Å². The van der Waals surface area contributed by atoms with E-state index >= 15 is 33.6 Å². The number of hydrogen-bond acceptors (Lipinski definition) is 22. The van der Waals surface area contributed by atoms with E-state index in [0.717, 1.165) is 17.3 Å². The van der Waals surface area contributed by atoms with Gasteiger partial charge in [0, 0.05) is 82.0 Å². The minimum absolute atomic E-state index is 0.00562. The van der Waals surface area contributed by atoms with Crippen LogP contribution in [-0.4, -0.2) is 282 Å². The number of likely N-dealkylation sites (tertiary alicyclic amines) is 1. The molecule has 132 heavy (non-hydrogen) atoms. The number of unbranched alkanes of at least 4 members (excludes halogenated alkanes) is 1. The number of amides is 13. The molecule has 1 aromatic heterocycles. The zero-order chi connectivity index (χ0) is 95.8. The molecular weight excluding hydrogens is 1730 g/mol. The highest BCUT2D eigenvalue weighted by Gasteiger charge is 2.45. The number of carbonyl (C=O) groups excluding carboxylic acids is 15. The summed E-state index contributed by atoms with van der Waals surface area (Å²) in [6.07, 6.45) is 2.44. The largest absolute Gasteiger partial charge is 0.508 e. The second kappa shape index (κ2) is 50.4. The van der Waals surface area contributed by atoms with Crippen LogP contribution in [0.2, 0.25) is 0 Å². The van der Waals surface area contributed by atoms with Crippen LogP contribution < -0.4 is 54.0 Å². The summed E-state index contributed by atoms with van der Waals surface area (Å²) in [5, 5.41) is 52.7. The number of aromatic amines is 1. The minimum atomic E-state index is -1.57. The summed E-state index contributed by atoms with van der Waals surface area (Å²) in [6, 6.07) is 28.8. The van der Waals surface area contributed by atoms with Crippen molar-refractivity contribution in [2.75, 3.05) is 63.9 Å². The third kappa shape index (κ3) is 30.0. The van der Waals surface area contributed by atoms with Crippen molar-refractivity contribution in [3.05, 3.63) is 203 Å². The van der Waals surface area contributed by atoms with Gasteiger partial charge in [-0.15, -0.1) is 23.5 Å². The number of phenolic OH excluding ortho intramolecular Hbond substituents is 2. The molecule has 2 aliphatic rings. The Morgan fingerprint density at radius 3 is 1.64 bits per heavy atom. The number of likely N-dealkylation sites (N-methyl/N-ethyl adjacent to an activating group) is 3. The average Bonchev–Trinajstić information content (AvgIpc) is 1.19.